The van der Waals surface area contributed by atoms with Crippen molar-refractivity contribution in [1.29, 1.82) is 0 Å². The van der Waals surface area contributed by atoms with Crippen LogP contribution in [0, 0.1) is 5.92 Å². The third kappa shape index (κ3) is 3.36. The molecular weight excluding hydrogens is 194 g/mol. The number of aromatic nitrogens is 2. The molecule has 0 aliphatic rings. The molecule has 84 valence electrons. The lowest BCUT2D eigenvalue weighted by Crippen LogP contribution is -2.41. The van der Waals surface area contributed by atoms with Crippen molar-refractivity contribution in [2.75, 3.05) is 7.11 Å². The lowest BCUT2D eigenvalue weighted by Gasteiger charge is -2.19. The maximum absolute atomic E-state index is 11.4. The van der Waals surface area contributed by atoms with E-state index in [0.29, 0.717) is 6.54 Å². The van der Waals surface area contributed by atoms with Gasteiger partial charge in [0.05, 0.1) is 13.4 Å². The highest BCUT2D eigenvalue weighted by molar-refractivity contribution is 5.75. The number of aromatic amines is 1. The molecule has 0 saturated carbocycles. The number of nitrogens with zero attached hydrogens (tertiary/aromatic N) is 1. The fourth-order valence-corrected chi connectivity index (χ4v) is 1.32. The second kappa shape index (κ2) is 5.50. The first-order chi connectivity index (χ1) is 7.15. The van der Waals surface area contributed by atoms with Gasteiger partial charge in [0.15, 0.2) is 0 Å². The third-order valence-electron chi connectivity index (χ3n) is 2.19. The normalized spacial score (nSPS) is 12.8. The molecule has 0 bridgehead atoms. The van der Waals surface area contributed by atoms with Crippen molar-refractivity contribution in [2.45, 2.75) is 26.4 Å². The Balaban J connectivity index is 2.49. The number of esters is 1. The van der Waals surface area contributed by atoms with Gasteiger partial charge in [-0.3, -0.25) is 10.1 Å². The Bertz CT molecular complexity index is 296. The van der Waals surface area contributed by atoms with Gasteiger partial charge in [0, 0.05) is 18.4 Å². The number of rotatable bonds is 5. The van der Waals surface area contributed by atoms with E-state index in [0.717, 1.165) is 5.69 Å². The number of methoxy groups -OCH3 is 1. The molecule has 5 nitrogen and oxygen atoms in total. The van der Waals surface area contributed by atoms with Crippen LogP contribution in [0.15, 0.2) is 12.5 Å². The van der Waals surface area contributed by atoms with Crippen molar-refractivity contribution in [3.8, 4) is 0 Å². The molecule has 1 heterocycles. The standard InChI is InChI=1S/C10H17N3O2/c1-7(2)9(10(14)15-3)12-5-8-4-11-6-13-8/h4,6-7,9,12H,5H2,1-3H3,(H,11,13). The largest absolute Gasteiger partial charge is 0.468 e. The number of nitrogens with one attached hydrogen (secondary N) is 2. The SMILES string of the molecule is COC(=O)C(NCc1cnc[nH]1)C(C)C. The Morgan fingerprint density at radius 2 is 2.40 bits per heavy atom. The zero-order valence-corrected chi connectivity index (χ0v) is 9.28. The summed E-state index contributed by atoms with van der Waals surface area (Å²) < 4.78 is 4.72. The molecule has 0 aromatic carbocycles. The number of hydrogen-bond donors (Lipinski definition) is 2. The predicted molar refractivity (Wildman–Crippen MR) is 56.1 cm³/mol. The molecule has 1 atom stereocenters. The molecule has 0 spiro atoms. The molecule has 1 aromatic heterocycles. The fraction of sp³-hybridized carbons (Fsp3) is 0.600. The smallest absolute Gasteiger partial charge is 0.323 e. The molecule has 0 aliphatic heterocycles. The van der Waals surface area contributed by atoms with Gasteiger partial charge in [-0.25, -0.2) is 4.98 Å². The molecule has 5 heteroatoms. The summed E-state index contributed by atoms with van der Waals surface area (Å²) in [6, 6.07) is -0.279. The third-order valence-corrected chi connectivity index (χ3v) is 2.19. The van der Waals surface area contributed by atoms with Crippen LogP contribution in [-0.2, 0) is 16.1 Å². The quantitative estimate of drug-likeness (QED) is 0.703. The van der Waals surface area contributed by atoms with E-state index in [1.807, 2.05) is 13.8 Å². The van der Waals surface area contributed by atoms with Crippen LogP contribution in [0.25, 0.3) is 0 Å². The average molecular weight is 211 g/mol. The number of imidazole rings is 1. The zero-order valence-electron chi connectivity index (χ0n) is 9.28. The molecule has 0 fully saturated rings. The monoisotopic (exact) mass is 211 g/mol. The number of H-pyrrole nitrogens is 1. The van der Waals surface area contributed by atoms with E-state index in [9.17, 15) is 4.79 Å². The summed E-state index contributed by atoms with van der Waals surface area (Å²) in [5.41, 5.74) is 0.949. The summed E-state index contributed by atoms with van der Waals surface area (Å²) in [5, 5.41) is 3.13. The Morgan fingerprint density at radius 3 is 2.87 bits per heavy atom. The number of ether oxygens (including phenoxy) is 1. The Morgan fingerprint density at radius 1 is 1.67 bits per heavy atom. The highest BCUT2D eigenvalue weighted by atomic mass is 16.5. The van der Waals surface area contributed by atoms with Crippen molar-refractivity contribution in [3.63, 3.8) is 0 Å². The van der Waals surface area contributed by atoms with Crippen molar-refractivity contribution >= 4 is 5.97 Å². The first kappa shape index (κ1) is 11.7. The van der Waals surface area contributed by atoms with Gasteiger partial charge >= 0.3 is 5.97 Å². The van der Waals surface area contributed by atoms with Gasteiger partial charge in [0.2, 0.25) is 0 Å². The Labute approximate surface area is 89.2 Å². The van der Waals surface area contributed by atoms with Crippen LogP contribution in [0.1, 0.15) is 19.5 Å². The minimum atomic E-state index is -0.279. The van der Waals surface area contributed by atoms with E-state index in [4.69, 9.17) is 4.74 Å². The minimum Gasteiger partial charge on any atom is -0.468 e. The molecule has 1 aromatic rings. The van der Waals surface area contributed by atoms with Crippen molar-refractivity contribution < 1.29 is 9.53 Å². The van der Waals surface area contributed by atoms with Crippen molar-refractivity contribution in [1.82, 2.24) is 15.3 Å². The number of carbonyl (C=O) groups is 1. The van der Waals surface area contributed by atoms with Gasteiger partial charge in [-0.2, -0.15) is 0 Å². The predicted octanol–water partition coefficient (Wildman–Crippen LogP) is 0.697. The van der Waals surface area contributed by atoms with Crippen LogP contribution in [-0.4, -0.2) is 29.1 Å². The number of carbonyl (C=O) groups excluding carboxylic acids is 1. The zero-order chi connectivity index (χ0) is 11.3. The first-order valence-corrected chi connectivity index (χ1v) is 4.93. The highest BCUT2D eigenvalue weighted by Crippen LogP contribution is 2.04. The van der Waals surface area contributed by atoms with E-state index in [-0.39, 0.29) is 17.9 Å². The highest BCUT2D eigenvalue weighted by Gasteiger charge is 2.22. The van der Waals surface area contributed by atoms with E-state index >= 15 is 0 Å². The van der Waals surface area contributed by atoms with Gasteiger partial charge in [0.1, 0.15) is 6.04 Å². The molecule has 0 aliphatic carbocycles. The molecule has 2 N–H and O–H groups in total. The summed E-state index contributed by atoms with van der Waals surface area (Å²) >= 11 is 0. The van der Waals surface area contributed by atoms with E-state index in [2.05, 4.69) is 15.3 Å². The van der Waals surface area contributed by atoms with E-state index in [1.54, 1.807) is 12.5 Å². The van der Waals surface area contributed by atoms with E-state index in [1.165, 1.54) is 7.11 Å². The fourth-order valence-electron chi connectivity index (χ4n) is 1.32. The van der Waals surface area contributed by atoms with Gasteiger partial charge in [0.25, 0.3) is 0 Å². The van der Waals surface area contributed by atoms with Crippen molar-refractivity contribution in [3.05, 3.63) is 18.2 Å². The van der Waals surface area contributed by atoms with Crippen LogP contribution in [0.5, 0.6) is 0 Å². The maximum Gasteiger partial charge on any atom is 0.323 e. The van der Waals surface area contributed by atoms with Crippen LogP contribution >= 0.6 is 0 Å². The topological polar surface area (TPSA) is 67.0 Å². The lowest BCUT2D eigenvalue weighted by molar-refractivity contribution is -0.144. The van der Waals surface area contributed by atoms with Crippen LogP contribution in [0.3, 0.4) is 0 Å². The van der Waals surface area contributed by atoms with Crippen molar-refractivity contribution in [2.24, 2.45) is 5.92 Å². The summed E-state index contributed by atoms with van der Waals surface area (Å²) in [6.45, 7) is 4.53. The van der Waals surface area contributed by atoms with E-state index < -0.39 is 0 Å². The molecular formula is C10H17N3O2. The molecule has 0 amide bonds. The van der Waals surface area contributed by atoms with Gasteiger partial charge in [-0.15, -0.1) is 0 Å². The molecule has 15 heavy (non-hydrogen) atoms. The summed E-state index contributed by atoms with van der Waals surface area (Å²) in [4.78, 5) is 18.3. The molecule has 0 saturated heterocycles. The number of hydrogen-bond acceptors (Lipinski definition) is 4. The second-order valence-electron chi connectivity index (χ2n) is 3.70. The van der Waals surface area contributed by atoms with Gasteiger partial charge in [-0.05, 0) is 5.92 Å². The first-order valence-electron chi connectivity index (χ1n) is 4.93. The van der Waals surface area contributed by atoms with Gasteiger partial charge < -0.3 is 9.72 Å². The summed E-state index contributed by atoms with van der Waals surface area (Å²) in [5.74, 6) is -0.0371. The molecule has 0 radical (unpaired) electrons. The summed E-state index contributed by atoms with van der Waals surface area (Å²) in [6.07, 6.45) is 3.33. The Kier molecular flexibility index (Phi) is 4.30. The Hall–Kier alpha value is -1.36. The van der Waals surface area contributed by atoms with Crippen LogP contribution in [0.4, 0.5) is 0 Å². The van der Waals surface area contributed by atoms with Crippen LogP contribution in [0.2, 0.25) is 0 Å². The van der Waals surface area contributed by atoms with Gasteiger partial charge in [-0.1, -0.05) is 13.8 Å². The summed E-state index contributed by atoms with van der Waals surface area (Å²) in [7, 11) is 1.40. The molecule has 1 rings (SSSR count). The lowest BCUT2D eigenvalue weighted by atomic mass is 10.0. The van der Waals surface area contributed by atoms with Crippen LogP contribution < -0.4 is 5.32 Å². The molecule has 1 unspecified atom stereocenters. The second-order valence-corrected chi connectivity index (χ2v) is 3.70. The minimum absolute atomic E-state index is 0.195. The maximum atomic E-state index is 11.4. The average Bonchev–Trinajstić information content (AvgIpc) is 2.70.